The number of benzene rings is 2. The van der Waals surface area contributed by atoms with Crippen LogP contribution in [0.5, 0.6) is 0 Å². The number of sulfone groups is 1. The van der Waals surface area contributed by atoms with Crippen LogP contribution in [-0.4, -0.2) is 39.6 Å². The van der Waals surface area contributed by atoms with Crippen LogP contribution in [0, 0.1) is 6.92 Å². The Kier molecular flexibility index (Phi) is 9.25. The third-order valence-corrected chi connectivity index (χ3v) is 5.00. The van der Waals surface area contributed by atoms with Gasteiger partial charge in [0.05, 0.1) is 5.75 Å². The van der Waals surface area contributed by atoms with Gasteiger partial charge in [0, 0.05) is 33.4 Å². The number of halogens is 1. The van der Waals surface area contributed by atoms with Gasteiger partial charge in [-0.1, -0.05) is 48.5 Å². The van der Waals surface area contributed by atoms with Crippen molar-refractivity contribution in [3.63, 3.8) is 0 Å². The Morgan fingerprint density at radius 1 is 1.07 bits per heavy atom. The van der Waals surface area contributed by atoms with Crippen LogP contribution in [0.1, 0.15) is 22.3 Å². The lowest BCUT2D eigenvalue weighted by Gasteiger charge is -2.23. The molecule has 148 valence electrons. The maximum Gasteiger partial charge on any atom is 0.193 e. The molecule has 0 saturated carbocycles. The van der Waals surface area contributed by atoms with E-state index in [1.165, 1.54) is 17.4 Å². The predicted octanol–water partition coefficient (Wildman–Crippen LogP) is 3.37. The van der Waals surface area contributed by atoms with Crippen molar-refractivity contribution in [1.82, 2.24) is 10.2 Å². The molecule has 27 heavy (non-hydrogen) atoms. The quantitative estimate of drug-likeness (QED) is 0.375. The summed E-state index contributed by atoms with van der Waals surface area (Å²) in [5.41, 5.74) is 4.41. The van der Waals surface area contributed by atoms with Gasteiger partial charge in [0.25, 0.3) is 0 Å². The van der Waals surface area contributed by atoms with Gasteiger partial charge in [-0.05, 0) is 29.2 Å². The molecule has 2 aromatic rings. The molecule has 1 N–H and O–H groups in total. The van der Waals surface area contributed by atoms with Crippen LogP contribution < -0.4 is 5.32 Å². The summed E-state index contributed by atoms with van der Waals surface area (Å²) in [4.78, 5) is 6.43. The minimum atomic E-state index is -3.01. The second kappa shape index (κ2) is 10.7. The molecular weight excluding hydrogens is 473 g/mol. The van der Waals surface area contributed by atoms with Crippen molar-refractivity contribution in [2.45, 2.75) is 25.8 Å². The molecule has 2 rings (SSSR count). The van der Waals surface area contributed by atoms with Crippen LogP contribution >= 0.6 is 24.0 Å². The van der Waals surface area contributed by atoms with Gasteiger partial charge in [0.1, 0.15) is 0 Å². The highest BCUT2D eigenvalue weighted by Crippen LogP contribution is 2.10. The summed E-state index contributed by atoms with van der Waals surface area (Å²) in [6, 6.07) is 15.9. The first kappa shape index (κ1) is 23.4. The lowest BCUT2D eigenvalue weighted by Crippen LogP contribution is -2.38. The fourth-order valence-corrected chi connectivity index (χ4v) is 3.54. The highest BCUT2D eigenvalue weighted by molar-refractivity contribution is 14.0. The number of aliphatic imine (C=N–C) groups is 1. The third kappa shape index (κ3) is 7.88. The minimum absolute atomic E-state index is 0. The maximum absolute atomic E-state index is 11.4. The highest BCUT2D eigenvalue weighted by atomic mass is 127. The fraction of sp³-hybridized carbons (Fsp3) is 0.350. The molecule has 0 fully saturated rings. The molecule has 0 heterocycles. The first-order valence-corrected chi connectivity index (χ1v) is 10.6. The number of hydrogen-bond acceptors (Lipinski definition) is 3. The van der Waals surface area contributed by atoms with Crippen LogP contribution in [0.25, 0.3) is 0 Å². The Morgan fingerprint density at radius 2 is 1.67 bits per heavy atom. The van der Waals surface area contributed by atoms with E-state index in [0.717, 1.165) is 23.6 Å². The van der Waals surface area contributed by atoms with Crippen LogP contribution in [-0.2, 0) is 28.7 Å². The van der Waals surface area contributed by atoms with Gasteiger partial charge in [-0.15, -0.1) is 24.0 Å². The molecule has 0 unspecified atom stereocenters. The molecule has 0 aromatic heterocycles. The van der Waals surface area contributed by atoms with Crippen LogP contribution in [0.15, 0.2) is 53.5 Å². The fourth-order valence-electron chi connectivity index (χ4n) is 2.74. The van der Waals surface area contributed by atoms with Gasteiger partial charge in [-0.3, -0.25) is 4.99 Å². The molecule has 0 saturated heterocycles. The van der Waals surface area contributed by atoms with Crippen molar-refractivity contribution in [2.24, 2.45) is 4.99 Å². The number of guanidine groups is 1. The minimum Gasteiger partial charge on any atom is -0.352 e. The van der Waals surface area contributed by atoms with E-state index in [9.17, 15) is 8.42 Å². The Balaban J connectivity index is 0.00000364. The first-order chi connectivity index (χ1) is 12.3. The summed E-state index contributed by atoms with van der Waals surface area (Å²) in [5.74, 6) is 0.884. The van der Waals surface area contributed by atoms with Gasteiger partial charge in [0.15, 0.2) is 15.8 Å². The molecule has 0 bridgehead atoms. The second-order valence-electron chi connectivity index (χ2n) is 6.57. The molecule has 7 heteroatoms. The Hall–Kier alpha value is -1.61. The lowest BCUT2D eigenvalue weighted by atomic mass is 10.1. The smallest absolute Gasteiger partial charge is 0.193 e. The number of hydrogen-bond donors (Lipinski definition) is 1. The van der Waals surface area contributed by atoms with Crippen LogP contribution in [0.3, 0.4) is 0 Å². The summed E-state index contributed by atoms with van der Waals surface area (Å²) < 4.78 is 22.7. The van der Waals surface area contributed by atoms with Crippen molar-refractivity contribution in [1.29, 1.82) is 0 Å². The SMILES string of the molecule is CN=C(NCc1ccc(CS(C)(=O)=O)cc1)N(C)Cc1ccccc1C.I. The Bertz CT molecular complexity index is 865. The number of aryl methyl sites for hydroxylation is 1. The first-order valence-electron chi connectivity index (χ1n) is 8.50. The summed E-state index contributed by atoms with van der Waals surface area (Å²) in [7, 11) is 0.775. The van der Waals surface area contributed by atoms with Crippen molar-refractivity contribution in [3.05, 3.63) is 70.8 Å². The van der Waals surface area contributed by atoms with Gasteiger partial charge in [-0.25, -0.2) is 8.42 Å². The second-order valence-corrected chi connectivity index (χ2v) is 8.71. The largest absolute Gasteiger partial charge is 0.352 e. The Labute approximate surface area is 179 Å². The molecule has 2 aromatic carbocycles. The zero-order valence-corrected chi connectivity index (χ0v) is 19.4. The van der Waals surface area contributed by atoms with Crippen LogP contribution in [0.2, 0.25) is 0 Å². The number of nitrogens with one attached hydrogen (secondary N) is 1. The summed E-state index contributed by atoms with van der Waals surface area (Å²) in [6.45, 7) is 3.51. The molecule has 0 atom stereocenters. The van der Waals surface area contributed by atoms with Gasteiger partial charge in [0.2, 0.25) is 0 Å². The van der Waals surface area contributed by atoms with Gasteiger partial charge in [-0.2, -0.15) is 0 Å². The van der Waals surface area contributed by atoms with E-state index in [1.807, 2.05) is 43.4 Å². The molecule has 0 aliphatic carbocycles. The number of rotatable bonds is 6. The topological polar surface area (TPSA) is 61.8 Å². The van der Waals surface area contributed by atoms with E-state index in [-0.39, 0.29) is 29.7 Å². The molecule has 5 nitrogen and oxygen atoms in total. The lowest BCUT2D eigenvalue weighted by molar-refractivity contribution is 0.475. The average Bonchev–Trinajstić information content (AvgIpc) is 2.57. The van der Waals surface area contributed by atoms with Crippen molar-refractivity contribution >= 4 is 39.8 Å². The van der Waals surface area contributed by atoms with E-state index in [1.54, 1.807) is 7.05 Å². The zero-order chi connectivity index (χ0) is 19.2. The highest BCUT2D eigenvalue weighted by Gasteiger charge is 2.08. The van der Waals surface area contributed by atoms with Gasteiger partial charge >= 0.3 is 0 Å². The maximum atomic E-state index is 11.4. The monoisotopic (exact) mass is 501 g/mol. The van der Waals surface area contributed by atoms with E-state index < -0.39 is 9.84 Å². The molecule has 0 aliphatic rings. The molecule has 0 aliphatic heterocycles. The van der Waals surface area contributed by atoms with Gasteiger partial charge < -0.3 is 10.2 Å². The van der Waals surface area contributed by atoms with Crippen molar-refractivity contribution in [2.75, 3.05) is 20.4 Å². The zero-order valence-electron chi connectivity index (χ0n) is 16.3. The molecule has 0 radical (unpaired) electrons. The normalized spacial score (nSPS) is 11.6. The summed E-state index contributed by atoms with van der Waals surface area (Å²) >= 11 is 0. The summed E-state index contributed by atoms with van der Waals surface area (Å²) in [6.07, 6.45) is 1.25. The number of nitrogens with zero attached hydrogens (tertiary/aromatic N) is 2. The summed E-state index contributed by atoms with van der Waals surface area (Å²) in [5, 5.41) is 3.35. The predicted molar refractivity (Wildman–Crippen MR) is 123 cm³/mol. The van der Waals surface area contributed by atoms with Crippen molar-refractivity contribution in [3.8, 4) is 0 Å². The molecule has 0 amide bonds. The van der Waals surface area contributed by atoms with E-state index in [2.05, 4.69) is 34.3 Å². The standard InChI is InChI=1S/C20H27N3O2S.HI/c1-16-7-5-6-8-19(16)14-23(3)20(21-2)22-13-17-9-11-18(12-10-17)15-26(4,24)25;/h5-12H,13-15H2,1-4H3,(H,21,22);1H. The van der Waals surface area contributed by atoms with E-state index >= 15 is 0 Å². The third-order valence-electron chi connectivity index (χ3n) is 4.14. The average molecular weight is 501 g/mol. The van der Waals surface area contributed by atoms with Crippen molar-refractivity contribution < 1.29 is 8.42 Å². The molecule has 0 spiro atoms. The van der Waals surface area contributed by atoms with Crippen LogP contribution in [0.4, 0.5) is 0 Å². The molecular formula is C20H28IN3O2S. The van der Waals surface area contributed by atoms with E-state index in [4.69, 9.17) is 0 Å². The Morgan fingerprint density at radius 3 is 2.22 bits per heavy atom. The van der Waals surface area contributed by atoms with E-state index in [0.29, 0.717) is 6.54 Å².